The van der Waals surface area contributed by atoms with Gasteiger partial charge in [-0.1, -0.05) is 18.2 Å². The highest BCUT2D eigenvalue weighted by Crippen LogP contribution is 2.20. The lowest BCUT2D eigenvalue weighted by molar-refractivity contribution is -0.130. The van der Waals surface area contributed by atoms with Crippen LogP contribution < -0.4 is 10.6 Å². The van der Waals surface area contributed by atoms with Crippen LogP contribution in [0.1, 0.15) is 12.8 Å². The molecule has 1 aromatic carbocycles. The molecule has 4 nitrogen and oxygen atoms in total. The van der Waals surface area contributed by atoms with Gasteiger partial charge in [0.2, 0.25) is 5.91 Å². The molecule has 2 amide bonds. The van der Waals surface area contributed by atoms with Gasteiger partial charge in [-0.3, -0.25) is 9.59 Å². The van der Waals surface area contributed by atoms with Crippen LogP contribution in [-0.4, -0.2) is 17.9 Å². The Labute approximate surface area is 87.7 Å². The molecule has 15 heavy (non-hydrogen) atoms. The zero-order valence-corrected chi connectivity index (χ0v) is 8.22. The molecule has 0 aliphatic carbocycles. The van der Waals surface area contributed by atoms with Crippen molar-refractivity contribution in [1.29, 1.82) is 0 Å². The molecule has 1 unspecified atom stereocenters. The van der Waals surface area contributed by atoms with Crippen molar-refractivity contribution >= 4 is 17.5 Å². The number of para-hydroxylation sites is 1. The van der Waals surface area contributed by atoms with Crippen molar-refractivity contribution in [3.05, 3.63) is 30.3 Å². The summed E-state index contributed by atoms with van der Waals surface area (Å²) in [6.45, 7) is 0. The van der Waals surface area contributed by atoms with E-state index in [2.05, 4.69) is 0 Å². The fourth-order valence-corrected chi connectivity index (χ4v) is 1.65. The molecule has 0 radical (unpaired) electrons. The Bertz CT molecular complexity index is 389. The zero-order chi connectivity index (χ0) is 10.8. The summed E-state index contributed by atoms with van der Waals surface area (Å²) >= 11 is 0. The van der Waals surface area contributed by atoms with Gasteiger partial charge in [-0.2, -0.15) is 0 Å². The largest absolute Gasteiger partial charge is 0.320 e. The van der Waals surface area contributed by atoms with E-state index < -0.39 is 6.04 Å². The third kappa shape index (κ3) is 1.76. The average Bonchev–Trinajstić information content (AvgIpc) is 2.26. The summed E-state index contributed by atoms with van der Waals surface area (Å²) in [5.41, 5.74) is 6.22. The van der Waals surface area contributed by atoms with Gasteiger partial charge in [0, 0.05) is 6.42 Å². The first kappa shape index (κ1) is 9.86. The minimum atomic E-state index is -0.553. The van der Waals surface area contributed by atoms with E-state index in [0.717, 1.165) is 0 Å². The van der Waals surface area contributed by atoms with Crippen LogP contribution in [0, 0.1) is 0 Å². The summed E-state index contributed by atoms with van der Waals surface area (Å²) in [4.78, 5) is 24.5. The van der Waals surface area contributed by atoms with Gasteiger partial charge in [-0.15, -0.1) is 0 Å². The van der Waals surface area contributed by atoms with Crippen LogP contribution in [0.2, 0.25) is 0 Å². The van der Waals surface area contributed by atoms with Gasteiger partial charge < -0.3 is 5.73 Å². The highest BCUT2D eigenvalue weighted by atomic mass is 16.2. The van der Waals surface area contributed by atoms with E-state index in [9.17, 15) is 9.59 Å². The molecular formula is C11H12N2O2. The number of nitrogens with zero attached hydrogens (tertiary/aromatic N) is 1. The van der Waals surface area contributed by atoms with Crippen molar-refractivity contribution < 1.29 is 9.59 Å². The minimum Gasteiger partial charge on any atom is -0.320 e. The summed E-state index contributed by atoms with van der Waals surface area (Å²) in [6, 6.07) is 8.32. The fraction of sp³-hybridized carbons (Fsp3) is 0.273. The molecule has 0 aromatic heterocycles. The van der Waals surface area contributed by atoms with Crippen LogP contribution >= 0.6 is 0 Å². The van der Waals surface area contributed by atoms with Gasteiger partial charge in [-0.05, 0) is 18.6 Å². The number of carbonyl (C=O) groups excluding carboxylic acids is 2. The lowest BCUT2D eigenvalue weighted by atomic mass is 10.0. The minimum absolute atomic E-state index is 0.173. The van der Waals surface area contributed by atoms with Crippen molar-refractivity contribution in [2.24, 2.45) is 5.73 Å². The Morgan fingerprint density at radius 2 is 1.87 bits per heavy atom. The number of piperidine rings is 1. The second kappa shape index (κ2) is 3.82. The normalized spacial score (nSPS) is 21.9. The Balaban J connectivity index is 2.34. The number of imide groups is 1. The Morgan fingerprint density at radius 3 is 2.53 bits per heavy atom. The maximum atomic E-state index is 11.7. The fourth-order valence-electron chi connectivity index (χ4n) is 1.65. The van der Waals surface area contributed by atoms with E-state index in [0.29, 0.717) is 18.5 Å². The Morgan fingerprint density at radius 1 is 1.20 bits per heavy atom. The number of carbonyl (C=O) groups is 2. The zero-order valence-electron chi connectivity index (χ0n) is 8.22. The van der Waals surface area contributed by atoms with Crippen LogP contribution in [-0.2, 0) is 9.59 Å². The lowest BCUT2D eigenvalue weighted by Crippen LogP contribution is -2.51. The van der Waals surface area contributed by atoms with Crippen LogP contribution in [0.4, 0.5) is 5.69 Å². The molecule has 1 saturated heterocycles. The Kier molecular flexibility index (Phi) is 2.51. The highest BCUT2D eigenvalue weighted by molar-refractivity contribution is 6.18. The van der Waals surface area contributed by atoms with E-state index >= 15 is 0 Å². The standard InChI is InChI=1S/C11H12N2O2/c12-9-6-7-10(14)13(11(9)15)8-4-2-1-3-5-8/h1-5,9H,6-7,12H2. The number of nitrogens with two attached hydrogens (primary N) is 1. The molecule has 1 fully saturated rings. The molecule has 78 valence electrons. The molecule has 1 heterocycles. The van der Waals surface area contributed by atoms with Crippen molar-refractivity contribution in [2.45, 2.75) is 18.9 Å². The first-order valence-electron chi connectivity index (χ1n) is 4.87. The smallest absolute Gasteiger partial charge is 0.250 e. The van der Waals surface area contributed by atoms with Gasteiger partial charge >= 0.3 is 0 Å². The molecule has 0 bridgehead atoms. The van der Waals surface area contributed by atoms with E-state index in [4.69, 9.17) is 5.73 Å². The summed E-state index contributed by atoms with van der Waals surface area (Å²) in [5, 5.41) is 0. The van der Waals surface area contributed by atoms with Gasteiger partial charge in [0.05, 0.1) is 11.7 Å². The Hall–Kier alpha value is -1.68. The summed E-state index contributed by atoms with van der Waals surface area (Å²) in [6.07, 6.45) is 0.781. The summed E-state index contributed by atoms with van der Waals surface area (Å²) < 4.78 is 0. The molecule has 1 atom stereocenters. The predicted octanol–water partition coefficient (Wildman–Crippen LogP) is 0.667. The van der Waals surface area contributed by atoms with Crippen LogP contribution in [0.3, 0.4) is 0 Å². The monoisotopic (exact) mass is 204 g/mol. The molecule has 2 rings (SSSR count). The number of hydrogen-bond donors (Lipinski definition) is 1. The molecule has 0 spiro atoms. The third-order valence-electron chi connectivity index (χ3n) is 2.47. The van der Waals surface area contributed by atoms with E-state index in [1.165, 1.54) is 4.90 Å². The highest BCUT2D eigenvalue weighted by Gasteiger charge is 2.32. The summed E-state index contributed by atoms with van der Waals surface area (Å²) in [5.74, 6) is -0.481. The maximum Gasteiger partial charge on any atom is 0.250 e. The molecule has 1 aliphatic rings. The average molecular weight is 204 g/mol. The predicted molar refractivity (Wildman–Crippen MR) is 56.1 cm³/mol. The maximum absolute atomic E-state index is 11.7. The van der Waals surface area contributed by atoms with Crippen LogP contribution in [0.25, 0.3) is 0 Å². The SMILES string of the molecule is NC1CCC(=O)N(c2ccccc2)C1=O. The van der Waals surface area contributed by atoms with Crippen molar-refractivity contribution in [3.8, 4) is 0 Å². The van der Waals surface area contributed by atoms with Crippen molar-refractivity contribution in [2.75, 3.05) is 4.90 Å². The van der Waals surface area contributed by atoms with Gasteiger partial charge in [-0.25, -0.2) is 4.90 Å². The quantitative estimate of drug-likeness (QED) is 0.684. The van der Waals surface area contributed by atoms with Gasteiger partial charge in [0.25, 0.3) is 5.91 Å². The lowest BCUT2D eigenvalue weighted by Gasteiger charge is -2.28. The number of rotatable bonds is 1. The van der Waals surface area contributed by atoms with Gasteiger partial charge in [0.1, 0.15) is 0 Å². The number of amides is 2. The van der Waals surface area contributed by atoms with E-state index in [-0.39, 0.29) is 11.8 Å². The van der Waals surface area contributed by atoms with Gasteiger partial charge in [0.15, 0.2) is 0 Å². The number of hydrogen-bond acceptors (Lipinski definition) is 3. The van der Waals surface area contributed by atoms with E-state index in [1.807, 2.05) is 6.07 Å². The molecule has 1 aliphatic heterocycles. The molecule has 2 N–H and O–H groups in total. The molecule has 1 aromatic rings. The topological polar surface area (TPSA) is 63.4 Å². The second-order valence-corrected chi connectivity index (χ2v) is 3.55. The van der Waals surface area contributed by atoms with Crippen molar-refractivity contribution in [1.82, 2.24) is 0 Å². The summed E-state index contributed by atoms with van der Waals surface area (Å²) in [7, 11) is 0. The van der Waals surface area contributed by atoms with Crippen molar-refractivity contribution in [3.63, 3.8) is 0 Å². The number of anilines is 1. The third-order valence-corrected chi connectivity index (χ3v) is 2.47. The van der Waals surface area contributed by atoms with Crippen LogP contribution in [0.15, 0.2) is 30.3 Å². The molecular weight excluding hydrogens is 192 g/mol. The number of benzene rings is 1. The molecule has 0 saturated carbocycles. The molecule has 4 heteroatoms. The van der Waals surface area contributed by atoms with E-state index in [1.54, 1.807) is 24.3 Å². The van der Waals surface area contributed by atoms with Crippen LogP contribution in [0.5, 0.6) is 0 Å². The first-order valence-corrected chi connectivity index (χ1v) is 4.87. The first-order chi connectivity index (χ1) is 7.20. The second-order valence-electron chi connectivity index (χ2n) is 3.55.